The Bertz CT molecular complexity index is 618. The lowest BCUT2D eigenvalue weighted by Crippen LogP contribution is -2.23. The van der Waals surface area contributed by atoms with Crippen LogP contribution in [0, 0.1) is 5.82 Å². The number of aryl methyl sites for hydroxylation is 2. The monoisotopic (exact) mass is 270 g/mol. The summed E-state index contributed by atoms with van der Waals surface area (Å²) in [5, 5.41) is 11.0. The van der Waals surface area contributed by atoms with Crippen LogP contribution < -0.4 is 0 Å². The Morgan fingerprint density at radius 3 is 2.60 bits per heavy atom. The second-order valence-corrected chi connectivity index (χ2v) is 5.61. The number of hydrogen-bond donors (Lipinski definition) is 1. The van der Waals surface area contributed by atoms with Crippen molar-refractivity contribution < 1.29 is 9.50 Å². The van der Waals surface area contributed by atoms with E-state index < -0.39 is 5.60 Å². The maximum Gasteiger partial charge on any atom is 0.123 e. The molecule has 0 saturated carbocycles. The lowest BCUT2D eigenvalue weighted by molar-refractivity contribution is 0.0829. The quantitative estimate of drug-likeness (QED) is 0.895. The highest BCUT2D eigenvalue weighted by atomic mass is 19.1. The third kappa shape index (κ3) is 2.14. The van der Waals surface area contributed by atoms with Crippen molar-refractivity contribution in [1.29, 1.82) is 0 Å². The number of fused-ring (bicyclic) bond motifs is 1. The molecule has 0 aromatic heterocycles. The van der Waals surface area contributed by atoms with E-state index in [-0.39, 0.29) is 5.82 Å². The average Bonchev–Trinajstić information content (AvgIpc) is 2.78. The topological polar surface area (TPSA) is 20.2 Å². The van der Waals surface area contributed by atoms with Crippen molar-refractivity contribution in [3.05, 3.63) is 70.5 Å². The summed E-state index contributed by atoms with van der Waals surface area (Å²) >= 11 is 0. The SMILES string of the molecule is CCCc1ccc(C2(O)CCc3cc(F)ccc32)cc1. The summed E-state index contributed by atoms with van der Waals surface area (Å²) in [5.41, 5.74) is 3.00. The van der Waals surface area contributed by atoms with E-state index in [1.807, 2.05) is 12.1 Å². The lowest BCUT2D eigenvalue weighted by Gasteiger charge is -2.25. The van der Waals surface area contributed by atoms with Crippen molar-refractivity contribution in [3.63, 3.8) is 0 Å². The molecule has 1 N–H and O–H groups in total. The van der Waals surface area contributed by atoms with Crippen molar-refractivity contribution in [2.45, 2.75) is 38.2 Å². The molecule has 3 rings (SSSR count). The normalized spacial score (nSPS) is 20.9. The molecular formula is C18H19FO. The second-order valence-electron chi connectivity index (χ2n) is 5.61. The van der Waals surface area contributed by atoms with Crippen LogP contribution in [0.15, 0.2) is 42.5 Å². The minimum Gasteiger partial charge on any atom is -0.380 e. The van der Waals surface area contributed by atoms with E-state index in [0.29, 0.717) is 6.42 Å². The van der Waals surface area contributed by atoms with E-state index in [0.717, 1.165) is 36.0 Å². The zero-order valence-electron chi connectivity index (χ0n) is 11.7. The summed E-state index contributed by atoms with van der Waals surface area (Å²) in [7, 11) is 0. The van der Waals surface area contributed by atoms with Crippen molar-refractivity contribution in [3.8, 4) is 0 Å². The van der Waals surface area contributed by atoms with Gasteiger partial charge in [-0.15, -0.1) is 0 Å². The van der Waals surface area contributed by atoms with Gasteiger partial charge in [0.1, 0.15) is 11.4 Å². The van der Waals surface area contributed by atoms with Crippen molar-refractivity contribution in [2.24, 2.45) is 0 Å². The minimum atomic E-state index is -0.965. The molecule has 1 atom stereocenters. The molecule has 0 heterocycles. The molecule has 1 nitrogen and oxygen atoms in total. The Morgan fingerprint density at radius 1 is 1.15 bits per heavy atom. The highest BCUT2D eigenvalue weighted by Crippen LogP contribution is 2.42. The molecule has 0 fully saturated rings. The van der Waals surface area contributed by atoms with Gasteiger partial charge >= 0.3 is 0 Å². The standard InChI is InChI=1S/C18H19FO/c1-2-3-13-4-6-15(7-5-13)18(20)11-10-14-12-16(19)8-9-17(14)18/h4-9,12,20H,2-3,10-11H2,1H3. The van der Waals surface area contributed by atoms with E-state index >= 15 is 0 Å². The van der Waals surface area contributed by atoms with Gasteiger partial charge in [-0.3, -0.25) is 0 Å². The lowest BCUT2D eigenvalue weighted by atomic mass is 9.87. The van der Waals surface area contributed by atoms with Crippen LogP contribution >= 0.6 is 0 Å². The smallest absolute Gasteiger partial charge is 0.123 e. The van der Waals surface area contributed by atoms with E-state index in [1.165, 1.54) is 11.6 Å². The van der Waals surface area contributed by atoms with Crippen LogP contribution in [0.1, 0.15) is 42.0 Å². The molecule has 0 radical (unpaired) electrons. The van der Waals surface area contributed by atoms with Gasteiger partial charge in [-0.2, -0.15) is 0 Å². The van der Waals surface area contributed by atoms with Crippen LogP contribution in [0.5, 0.6) is 0 Å². The molecule has 0 bridgehead atoms. The predicted molar refractivity (Wildman–Crippen MR) is 78.2 cm³/mol. The molecule has 20 heavy (non-hydrogen) atoms. The van der Waals surface area contributed by atoms with E-state index in [2.05, 4.69) is 19.1 Å². The maximum atomic E-state index is 13.3. The molecule has 1 aliphatic rings. The van der Waals surface area contributed by atoms with Gasteiger partial charge in [0.25, 0.3) is 0 Å². The Balaban J connectivity index is 1.98. The van der Waals surface area contributed by atoms with Gasteiger partial charge in [0.2, 0.25) is 0 Å². The van der Waals surface area contributed by atoms with Gasteiger partial charge < -0.3 is 5.11 Å². The van der Waals surface area contributed by atoms with Gasteiger partial charge in [-0.25, -0.2) is 4.39 Å². The fourth-order valence-corrected chi connectivity index (χ4v) is 3.16. The first-order chi connectivity index (χ1) is 9.63. The summed E-state index contributed by atoms with van der Waals surface area (Å²) in [6.07, 6.45) is 3.52. The molecule has 1 unspecified atom stereocenters. The van der Waals surface area contributed by atoms with E-state index in [1.54, 1.807) is 12.1 Å². The van der Waals surface area contributed by atoms with Crippen molar-refractivity contribution in [2.75, 3.05) is 0 Å². The number of halogens is 1. The molecule has 2 aromatic rings. The molecule has 2 aromatic carbocycles. The van der Waals surface area contributed by atoms with Crippen LogP contribution in [0.4, 0.5) is 4.39 Å². The number of aliphatic hydroxyl groups is 1. The van der Waals surface area contributed by atoms with Crippen LogP contribution in [0.2, 0.25) is 0 Å². The Hall–Kier alpha value is -1.67. The Morgan fingerprint density at radius 2 is 1.90 bits per heavy atom. The van der Waals surface area contributed by atoms with Crippen LogP contribution in [0.3, 0.4) is 0 Å². The number of rotatable bonds is 3. The Kier molecular flexibility index (Phi) is 3.35. The highest BCUT2D eigenvalue weighted by Gasteiger charge is 2.38. The molecule has 104 valence electrons. The molecular weight excluding hydrogens is 251 g/mol. The van der Waals surface area contributed by atoms with Crippen LogP contribution in [-0.4, -0.2) is 5.11 Å². The van der Waals surface area contributed by atoms with Gasteiger partial charge in [-0.05, 0) is 53.6 Å². The van der Waals surface area contributed by atoms with Gasteiger partial charge in [0, 0.05) is 0 Å². The predicted octanol–water partition coefficient (Wildman–Crippen LogP) is 3.96. The first kappa shape index (κ1) is 13.3. The molecule has 0 aliphatic heterocycles. The molecule has 2 heteroatoms. The fraction of sp³-hybridized carbons (Fsp3) is 0.333. The van der Waals surface area contributed by atoms with Gasteiger partial charge in [0.15, 0.2) is 0 Å². The maximum absolute atomic E-state index is 13.3. The van der Waals surface area contributed by atoms with Gasteiger partial charge in [-0.1, -0.05) is 43.7 Å². The molecule has 0 amide bonds. The molecule has 1 aliphatic carbocycles. The summed E-state index contributed by atoms with van der Waals surface area (Å²) in [6.45, 7) is 2.16. The first-order valence-corrected chi connectivity index (χ1v) is 7.24. The summed E-state index contributed by atoms with van der Waals surface area (Å²) in [6, 6.07) is 12.9. The molecule has 0 spiro atoms. The third-order valence-corrected chi connectivity index (χ3v) is 4.24. The zero-order chi connectivity index (χ0) is 14.2. The van der Waals surface area contributed by atoms with Crippen LogP contribution in [-0.2, 0) is 18.4 Å². The van der Waals surface area contributed by atoms with Crippen LogP contribution in [0.25, 0.3) is 0 Å². The largest absolute Gasteiger partial charge is 0.380 e. The second kappa shape index (κ2) is 5.02. The van der Waals surface area contributed by atoms with Crippen molar-refractivity contribution in [1.82, 2.24) is 0 Å². The average molecular weight is 270 g/mol. The van der Waals surface area contributed by atoms with E-state index in [9.17, 15) is 9.50 Å². The summed E-state index contributed by atoms with van der Waals surface area (Å²) in [4.78, 5) is 0. The number of hydrogen-bond acceptors (Lipinski definition) is 1. The number of benzene rings is 2. The summed E-state index contributed by atoms with van der Waals surface area (Å²) in [5.74, 6) is -0.230. The first-order valence-electron chi connectivity index (χ1n) is 7.24. The van der Waals surface area contributed by atoms with Crippen molar-refractivity contribution >= 4 is 0 Å². The minimum absolute atomic E-state index is 0.230. The third-order valence-electron chi connectivity index (χ3n) is 4.24. The van der Waals surface area contributed by atoms with E-state index in [4.69, 9.17) is 0 Å². The molecule has 0 saturated heterocycles. The fourth-order valence-electron chi connectivity index (χ4n) is 3.16. The van der Waals surface area contributed by atoms with Gasteiger partial charge in [0.05, 0.1) is 0 Å². The zero-order valence-corrected chi connectivity index (χ0v) is 11.7. The highest BCUT2D eigenvalue weighted by molar-refractivity contribution is 5.45. The summed E-state index contributed by atoms with van der Waals surface area (Å²) < 4.78 is 13.3. The Labute approximate surface area is 119 Å².